The van der Waals surface area contributed by atoms with Gasteiger partial charge in [-0.3, -0.25) is 37.3 Å². The Bertz CT molecular complexity index is 1930. The van der Waals surface area contributed by atoms with Crippen molar-refractivity contribution < 1.29 is 80.2 Å². The summed E-state index contributed by atoms with van der Waals surface area (Å²) >= 11 is 0. The van der Waals surface area contributed by atoms with Gasteiger partial charge in [0.15, 0.2) is 12.2 Å². The fraction of sp³-hybridized carbons (Fsp3) is 0.950. The van der Waals surface area contributed by atoms with Crippen molar-refractivity contribution in [2.45, 2.75) is 433 Å². The Balaban J connectivity index is 5.26. The number of rotatable bonds is 78. The number of carbonyl (C=O) groups excluding carboxylic acids is 4. The van der Waals surface area contributed by atoms with Gasteiger partial charge in [0, 0.05) is 25.7 Å². The summed E-state index contributed by atoms with van der Waals surface area (Å²) in [6.45, 7) is 12.0. The number of unbranched alkanes of at least 4 members (excludes halogenated alkanes) is 44. The van der Waals surface area contributed by atoms with Crippen LogP contribution in [0.1, 0.15) is 414 Å². The molecule has 99 heavy (non-hydrogen) atoms. The van der Waals surface area contributed by atoms with Crippen LogP contribution in [0.5, 0.6) is 0 Å². The molecule has 588 valence electrons. The van der Waals surface area contributed by atoms with Gasteiger partial charge in [-0.15, -0.1) is 0 Å². The molecule has 0 radical (unpaired) electrons. The molecule has 4 unspecified atom stereocenters. The minimum Gasteiger partial charge on any atom is -0.462 e. The summed E-state index contributed by atoms with van der Waals surface area (Å²) in [5.74, 6) is 0.236. The van der Waals surface area contributed by atoms with Crippen molar-refractivity contribution in [3.8, 4) is 0 Å². The Morgan fingerprint density at radius 1 is 0.293 bits per heavy atom. The maximum absolute atomic E-state index is 13.1. The molecular weight excluding hydrogens is 1290 g/mol. The van der Waals surface area contributed by atoms with Gasteiger partial charge in [0.1, 0.15) is 19.3 Å². The molecule has 0 aliphatic carbocycles. The molecule has 0 amide bonds. The van der Waals surface area contributed by atoms with E-state index in [1.165, 1.54) is 225 Å². The first kappa shape index (κ1) is 97.1. The number of ether oxygens (including phenoxy) is 4. The van der Waals surface area contributed by atoms with E-state index in [0.717, 1.165) is 108 Å². The number of hydrogen-bond acceptors (Lipinski definition) is 15. The lowest BCUT2D eigenvalue weighted by atomic mass is 9.99. The van der Waals surface area contributed by atoms with Crippen LogP contribution in [-0.2, 0) is 65.4 Å². The van der Waals surface area contributed by atoms with Gasteiger partial charge >= 0.3 is 39.5 Å². The van der Waals surface area contributed by atoms with Crippen molar-refractivity contribution >= 4 is 39.5 Å². The van der Waals surface area contributed by atoms with Crippen LogP contribution in [0.25, 0.3) is 0 Å². The Kier molecular flexibility index (Phi) is 69.0. The zero-order valence-corrected chi connectivity index (χ0v) is 66.8. The molecule has 3 N–H and O–H groups in total. The van der Waals surface area contributed by atoms with E-state index in [9.17, 15) is 43.2 Å². The number of esters is 4. The molecule has 19 heteroatoms. The van der Waals surface area contributed by atoms with Gasteiger partial charge in [0.2, 0.25) is 0 Å². The summed E-state index contributed by atoms with van der Waals surface area (Å²) in [5, 5.41) is 10.6. The second-order valence-electron chi connectivity index (χ2n) is 29.8. The zero-order valence-electron chi connectivity index (χ0n) is 65.0. The Morgan fingerprint density at radius 3 is 0.768 bits per heavy atom. The highest BCUT2D eigenvalue weighted by atomic mass is 31.2. The predicted molar refractivity (Wildman–Crippen MR) is 405 cm³/mol. The van der Waals surface area contributed by atoms with Crippen molar-refractivity contribution in [2.24, 2.45) is 17.8 Å². The van der Waals surface area contributed by atoms with Gasteiger partial charge in [0.25, 0.3) is 0 Å². The molecule has 0 heterocycles. The first-order valence-corrected chi connectivity index (χ1v) is 44.4. The van der Waals surface area contributed by atoms with E-state index in [4.69, 9.17) is 37.0 Å². The topological polar surface area (TPSA) is 237 Å². The standard InChI is InChI=1S/C80H156O17P2/c1-8-11-12-13-14-15-16-17-18-19-22-25-28-31-40-47-54-61-77(82)90-67-75(96-79(84)63-56-49-42-32-29-26-23-20-21-24-27-30-37-44-51-58-71(4)5)69-94-98(86,87)92-65-74(81)66-93-99(88,89)95-70-76(97-80(85)64-57-50-43-36-34-39-46-53-60-73(7)10-3)68-91-78(83)62-55-48-41-35-33-38-45-52-59-72(6)9-2/h71-76,81H,8-70H2,1-7H3,(H,86,87)(H,88,89)/t72?,73?,74-,75-,76-/m1/s1. The molecule has 0 aromatic heterocycles. The van der Waals surface area contributed by atoms with Crippen LogP contribution in [0.4, 0.5) is 0 Å². The number of hydrogen-bond donors (Lipinski definition) is 3. The maximum atomic E-state index is 13.1. The molecule has 0 aromatic carbocycles. The van der Waals surface area contributed by atoms with Crippen LogP contribution in [0, 0.1) is 17.8 Å². The largest absolute Gasteiger partial charge is 0.472 e. The van der Waals surface area contributed by atoms with Crippen LogP contribution in [-0.4, -0.2) is 96.7 Å². The van der Waals surface area contributed by atoms with Crippen molar-refractivity contribution in [2.75, 3.05) is 39.6 Å². The first-order chi connectivity index (χ1) is 47.8. The highest BCUT2D eigenvalue weighted by Crippen LogP contribution is 2.45. The zero-order chi connectivity index (χ0) is 73.0. The van der Waals surface area contributed by atoms with Crippen molar-refractivity contribution in [1.29, 1.82) is 0 Å². The highest BCUT2D eigenvalue weighted by Gasteiger charge is 2.30. The average Bonchev–Trinajstić information content (AvgIpc) is 0.941. The fourth-order valence-electron chi connectivity index (χ4n) is 12.2. The number of aliphatic hydroxyl groups excluding tert-OH is 1. The lowest BCUT2D eigenvalue weighted by Gasteiger charge is -2.21. The average molecular weight is 1450 g/mol. The molecule has 0 fully saturated rings. The summed E-state index contributed by atoms with van der Waals surface area (Å²) in [5.41, 5.74) is 0. The molecular formula is C80H156O17P2. The Labute approximate surface area is 607 Å². The molecule has 0 spiro atoms. The van der Waals surface area contributed by atoms with Gasteiger partial charge in [-0.2, -0.15) is 0 Å². The maximum Gasteiger partial charge on any atom is 0.472 e. The summed E-state index contributed by atoms with van der Waals surface area (Å²) in [7, 11) is -9.92. The molecule has 0 bridgehead atoms. The normalized spacial score (nSPS) is 14.5. The smallest absolute Gasteiger partial charge is 0.462 e. The number of carbonyl (C=O) groups is 4. The molecule has 0 aliphatic rings. The van der Waals surface area contributed by atoms with E-state index in [-0.39, 0.29) is 25.7 Å². The predicted octanol–water partition coefficient (Wildman–Crippen LogP) is 23.7. The van der Waals surface area contributed by atoms with E-state index < -0.39 is 97.5 Å². The van der Waals surface area contributed by atoms with Gasteiger partial charge in [-0.1, -0.05) is 363 Å². The van der Waals surface area contributed by atoms with Gasteiger partial charge in [-0.05, 0) is 43.4 Å². The molecule has 17 nitrogen and oxygen atoms in total. The summed E-state index contributed by atoms with van der Waals surface area (Å²) in [4.78, 5) is 73.0. The van der Waals surface area contributed by atoms with Gasteiger partial charge in [-0.25, -0.2) is 9.13 Å². The van der Waals surface area contributed by atoms with E-state index in [0.29, 0.717) is 25.7 Å². The molecule has 7 atom stereocenters. The van der Waals surface area contributed by atoms with Crippen LogP contribution in [0.15, 0.2) is 0 Å². The van der Waals surface area contributed by atoms with Crippen LogP contribution in [0.2, 0.25) is 0 Å². The monoisotopic (exact) mass is 1450 g/mol. The molecule has 0 saturated carbocycles. The third-order valence-corrected chi connectivity index (χ3v) is 21.3. The third-order valence-electron chi connectivity index (χ3n) is 19.4. The molecule has 0 aliphatic heterocycles. The minimum absolute atomic E-state index is 0.105. The van der Waals surface area contributed by atoms with Crippen LogP contribution >= 0.6 is 15.6 Å². The fourth-order valence-corrected chi connectivity index (χ4v) is 13.8. The number of aliphatic hydroxyl groups is 1. The van der Waals surface area contributed by atoms with E-state index in [1.807, 2.05) is 0 Å². The molecule has 0 saturated heterocycles. The summed E-state index contributed by atoms with van der Waals surface area (Å²) < 4.78 is 68.7. The SMILES string of the molecule is CCCCCCCCCCCCCCCCCCCC(=O)OC[C@H](COP(=O)(O)OC[C@@H](O)COP(=O)(O)OC[C@@H](COC(=O)CCCCCCCCCCC(C)CC)OC(=O)CCCCCCCCCCC(C)CC)OC(=O)CCCCCCCCCCCCCCCCCC(C)C. The summed E-state index contributed by atoms with van der Waals surface area (Å²) in [6.07, 6.45) is 58.2. The van der Waals surface area contributed by atoms with Crippen molar-refractivity contribution in [3.05, 3.63) is 0 Å². The second-order valence-corrected chi connectivity index (χ2v) is 32.7. The lowest BCUT2D eigenvalue weighted by molar-refractivity contribution is -0.161. The van der Waals surface area contributed by atoms with E-state index in [2.05, 4.69) is 48.5 Å². The lowest BCUT2D eigenvalue weighted by Crippen LogP contribution is -2.30. The van der Waals surface area contributed by atoms with E-state index >= 15 is 0 Å². The third kappa shape index (κ3) is 71.5. The van der Waals surface area contributed by atoms with Crippen molar-refractivity contribution in [3.63, 3.8) is 0 Å². The quantitative estimate of drug-likeness (QED) is 0.0222. The second kappa shape index (κ2) is 70.4. The van der Waals surface area contributed by atoms with Crippen LogP contribution in [0.3, 0.4) is 0 Å². The van der Waals surface area contributed by atoms with Gasteiger partial charge in [0.05, 0.1) is 26.4 Å². The summed E-state index contributed by atoms with van der Waals surface area (Å²) in [6, 6.07) is 0. The molecule has 0 rings (SSSR count). The van der Waals surface area contributed by atoms with Gasteiger partial charge < -0.3 is 33.8 Å². The highest BCUT2D eigenvalue weighted by molar-refractivity contribution is 7.47. The first-order valence-electron chi connectivity index (χ1n) is 41.4. The molecule has 0 aromatic rings. The van der Waals surface area contributed by atoms with Crippen molar-refractivity contribution in [1.82, 2.24) is 0 Å². The number of phosphoric acid groups is 2. The Hall–Kier alpha value is -1.94. The number of phosphoric ester groups is 2. The van der Waals surface area contributed by atoms with E-state index in [1.54, 1.807) is 0 Å². The van der Waals surface area contributed by atoms with Crippen LogP contribution < -0.4 is 0 Å². The minimum atomic E-state index is -4.96. The Morgan fingerprint density at radius 2 is 0.515 bits per heavy atom.